The highest BCUT2D eigenvalue weighted by molar-refractivity contribution is 5.78. The van der Waals surface area contributed by atoms with Crippen LogP contribution in [0.3, 0.4) is 0 Å². The van der Waals surface area contributed by atoms with E-state index in [4.69, 9.17) is 0 Å². The van der Waals surface area contributed by atoms with E-state index in [1.807, 2.05) is 4.90 Å². The Morgan fingerprint density at radius 1 is 1.26 bits per heavy atom. The summed E-state index contributed by atoms with van der Waals surface area (Å²) in [5.41, 5.74) is 1.51. The molecule has 19 heavy (non-hydrogen) atoms. The van der Waals surface area contributed by atoms with E-state index >= 15 is 0 Å². The number of hydrogen-bond donors (Lipinski definition) is 1. The van der Waals surface area contributed by atoms with Gasteiger partial charge in [0.25, 0.3) is 0 Å². The number of halogens is 2. The molecule has 1 aromatic heterocycles. The van der Waals surface area contributed by atoms with Crippen molar-refractivity contribution in [2.45, 2.75) is 18.8 Å². The number of likely N-dealkylation sites (tertiary alicyclic amines) is 1. The lowest BCUT2D eigenvalue weighted by atomic mass is 10.2. The first-order valence-corrected chi connectivity index (χ1v) is 6.21. The number of pyridine rings is 1. The van der Waals surface area contributed by atoms with Crippen molar-refractivity contribution in [1.82, 2.24) is 9.88 Å². The highest BCUT2D eigenvalue weighted by Crippen LogP contribution is 2.18. The fourth-order valence-corrected chi connectivity index (χ4v) is 2.41. The van der Waals surface area contributed by atoms with Gasteiger partial charge in [-0.25, -0.2) is 8.78 Å². The molecule has 5 heteroatoms. The third-order valence-electron chi connectivity index (χ3n) is 3.39. The van der Waals surface area contributed by atoms with Gasteiger partial charge in [-0.05, 0) is 24.3 Å². The second-order valence-electron chi connectivity index (χ2n) is 4.92. The van der Waals surface area contributed by atoms with E-state index in [1.54, 1.807) is 18.2 Å². The first kappa shape index (κ1) is 12.4. The van der Waals surface area contributed by atoms with Crippen LogP contribution in [-0.2, 0) is 6.54 Å². The Morgan fingerprint density at radius 2 is 2.11 bits per heavy atom. The summed E-state index contributed by atoms with van der Waals surface area (Å²) in [5.74, 6) is -0.287. The Labute approximate surface area is 109 Å². The third-order valence-corrected chi connectivity index (χ3v) is 3.39. The number of aromatic nitrogens is 1. The number of rotatable bonds is 2. The van der Waals surface area contributed by atoms with Crippen LogP contribution < -0.4 is 0 Å². The number of benzene rings is 1. The van der Waals surface area contributed by atoms with Crippen LogP contribution in [-0.4, -0.2) is 40.4 Å². The molecule has 2 aromatic rings. The number of hydrogen-bond acceptors (Lipinski definition) is 3. The summed E-state index contributed by atoms with van der Waals surface area (Å²) < 4.78 is 26.3. The Morgan fingerprint density at radius 3 is 2.84 bits per heavy atom. The summed E-state index contributed by atoms with van der Waals surface area (Å²) in [6.07, 6.45) is -2.09. The topological polar surface area (TPSA) is 36.4 Å². The quantitative estimate of drug-likeness (QED) is 0.900. The van der Waals surface area contributed by atoms with E-state index in [2.05, 4.69) is 4.98 Å². The molecule has 1 N–H and O–H groups in total. The minimum Gasteiger partial charge on any atom is -0.389 e. The summed E-state index contributed by atoms with van der Waals surface area (Å²) in [6.45, 7) is 1.04. The molecule has 1 aliphatic rings. The largest absolute Gasteiger partial charge is 0.389 e. The zero-order valence-electron chi connectivity index (χ0n) is 10.3. The van der Waals surface area contributed by atoms with E-state index in [1.165, 1.54) is 12.1 Å². The van der Waals surface area contributed by atoms with Crippen molar-refractivity contribution in [2.75, 3.05) is 13.1 Å². The highest BCUT2D eigenvalue weighted by Gasteiger charge is 2.31. The molecule has 0 amide bonds. The Bertz CT molecular complexity index is 595. The molecule has 100 valence electrons. The van der Waals surface area contributed by atoms with Gasteiger partial charge in [0.15, 0.2) is 0 Å². The van der Waals surface area contributed by atoms with Gasteiger partial charge in [0.05, 0.1) is 17.3 Å². The highest BCUT2D eigenvalue weighted by atomic mass is 19.1. The summed E-state index contributed by atoms with van der Waals surface area (Å²) in [5, 5.41) is 10.1. The maximum absolute atomic E-state index is 13.2. The van der Waals surface area contributed by atoms with Gasteiger partial charge in [0.2, 0.25) is 0 Å². The summed E-state index contributed by atoms with van der Waals surface area (Å²) >= 11 is 0. The summed E-state index contributed by atoms with van der Waals surface area (Å²) in [7, 11) is 0. The zero-order chi connectivity index (χ0) is 13.4. The van der Waals surface area contributed by atoms with Gasteiger partial charge >= 0.3 is 0 Å². The molecule has 1 saturated heterocycles. The fraction of sp³-hybridized carbons (Fsp3) is 0.357. The first-order valence-electron chi connectivity index (χ1n) is 6.21. The van der Waals surface area contributed by atoms with Gasteiger partial charge in [-0.3, -0.25) is 9.88 Å². The van der Waals surface area contributed by atoms with Gasteiger partial charge in [0, 0.05) is 25.0 Å². The van der Waals surface area contributed by atoms with Crippen LogP contribution in [0.15, 0.2) is 30.3 Å². The molecule has 0 bridgehead atoms. The van der Waals surface area contributed by atoms with Crippen LogP contribution in [0, 0.1) is 5.82 Å². The number of aliphatic hydroxyl groups is 1. The fourth-order valence-electron chi connectivity index (χ4n) is 2.41. The van der Waals surface area contributed by atoms with Gasteiger partial charge in [-0.2, -0.15) is 0 Å². The average molecular weight is 264 g/mol. The van der Waals surface area contributed by atoms with Crippen molar-refractivity contribution in [1.29, 1.82) is 0 Å². The van der Waals surface area contributed by atoms with Crippen LogP contribution in [0.4, 0.5) is 8.78 Å². The maximum atomic E-state index is 13.2. The van der Waals surface area contributed by atoms with Gasteiger partial charge < -0.3 is 5.11 Å². The Balaban J connectivity index is 1.80. The molecule has 1 aliphatic heterocycles. The van der Waals surface area contributed by atoms with Crippen LogP contribution >= 0.6 is 0 Å². The monoisotopic (exact) mass is 264 g/mol. The number of alkyl halides is 1. The van der Waals surface area contributed by atoms with Gasteiger partial charge in [-0.15, -0.1) is 0 Å². The molecular formula is C14H14F2N2O. The summed E-state index contributed by atoms with van der Waals surface area (Å²) in [4.78, 5) is 6.24. The minimum atomic E-state index is -1.19. The summed E-state index contributed by atoms with van der Waals surface area (Å²) in [6, 6.07) is 8.05. The lowest BCUT2D eigenvalue weighted by Gasteiger charge is -2.14. The molecule has 0 aliphatic carbocycles. The molecule has 3 rings (SSSR count). The lowest BCUT2D eigenvalue weighted by Crippen LogP contribution is -2.22. The van der Waals surface area contributed by atoms with Crippen molar-refractivity contribution in [2.24, 2.45) is 0 Å². The average Bonchev–Trinajstić information content (AvgIpc) is 2.68. The van der Waals surface area contributed by atoms with Crippen LogP contribution in [0.25, 0.3) is 10.9 Å². The van der Waals surface area contributed by atoms with Gasteiger partial charge in [-0.1, -0.05) is 6.07 Å². The predicted molar refractivity (Wildman–Crippen MR) is 67.9 cm³/mol. The number of fused-ring (bicyclic) bond motifs is 1. The molecule has 2 atom stereocenters. The molecule has 1 fully saturated rings. The molecule has 1 aromatic carbocycles. The van der Waals surface area contributed by atoms with E-state index in [0.717, 1.165) is 16.6 Å². The van der Waals surface area contributed by atoms with Crippen molar-refractivity contribution in [3.63, 3.8) is 0 Å². The van der Waals surface area contributed by atoms with E-state index in [0.29, 0.717) is 13.1 Å². The molecule has 0 spiro atoms. The van der Waals surface area contributed by atoms with E-state index in [9.17, 15) is 13.9 Å². The Hall–Kier alpha value is -1.59. The first-order chi connectivity index (χ1) is 9.11. The zero-order valence-corrected chi connectivity index (χ0v) is 10.3. The number of nitrogens with zero attached hydrogens (tertiary/aromatic N) is 2. The maximum Gasteiger partial charge on any atom is 0.140 e. The molecule has 0 radical (unpaired) electrons. The van der Waals surface area contributed by atoms with Crippen molar-refractivity contribution >= 4 is 10.9 Å². The molecular weight excluding hydrogens is 250 g/mol. The molecule has 2 heterocycles. The number of aliphatic hydroxyl groups excluding tert-OH is 1. The Kier molecular flexibility index (Phi) is 3.16. The third kappa shape index (κ3) is 2.57. The standard InChI is InChI=1S/C14H14F2N2O/c15-10-2-4-13-9(5-10)1-3-11(17-13)6-18-7-12(16)14(19)8-18/h1-5,12,14,19H,6-8H2/t12-,14-/m1/s1. The van der Waals surface area contributed by atoms with E-state index in [-0.39, 0.29) is 12.4 Å². The van der Waals surface area contributed by atoms with Crippen molar-refractivity contribution < 1.29 is 13.9 Å². The normalized spacial score (nSPS) is 24.2. The minimum absolute atomic E-state index is 0.226. The van der Waals surface area contributed by atoms with Crippen molar-refractivity contribution in [3.8, 4) is 0 Å². The van der Waals surface area contributed by atoms with Crippen LogP contribution in [0.2, 0.25) is 0 Å². The second kappa shape index (κ2) is 4.83. The van der Waals surface area contributed by atoms with E-state index < -0.39 is 12.3 Å². The lowest BCUT2D eigenvalue weighted by molar-refractivity contribution is 0.115. The molecule has 3 nitrogen and oxygen atoms in total. The SMILES string of the molecule is O[C@@H]1CN(Cc2ccc3cc(F)ccc3n2)C[C@H]1F. The smallest absolute Gasteiger partial charge is 0.140 e. The molecule has 0 saturated carbocycles. The van der Waals surface area contributed by atoms with Crippen LogP contribution in [0.1, 0.15) is 5.69 Å². The number of β-amino-alcohol motifs (C(OH)–C–C–N with tert-alkyl or cyclic N) is 1. The molecule has 0 unspecified atom stereocenters. The second-order valence-corrected chi connectivity index (χ2v) is 4.92. The van der Waals surface area contributed by atoms with Crippen LogP contribution in [0.5, 0.6) is 0 Å². The van der Waals surface area contributed by atoms with Gasteiger partial charge in [0.1, 0.15) is 12.0 Å². The predicted octanol–water partition coefficient (Wildman–Crippen LogP) is 1.89. The van der Waals surface area contributed by atoms with Crippen molar-refractivity contribution in [3.05, 3.63) is 41.8 Å².